The molecule has 0 radical (unpaired) electrons. The molecule has 0 aromatic heterocycles. The van der Waals surface area contributed by atoms with Crippen LogP contribution in [0, 0.1) is 0 Å². The van der Waals surface area contributed by atoms with Gasteiger partial charge in [-0.1, -0.05) is 49.4 Å². The van der Waals surface area contributed by atoms with Crippen LogP contribution in [0.5, 0.6) is 5.75 Å². The molecule has 0 amide bonds. The fourth-order valence-electron chi connectivity index (χ4n) is 2.34. The molecule has 0 aliphatic rings. The Balaban J connectivity index is 1.92. The van der Waals surface area contributed by atoms with Crippen LogP contribution in [0.1, 0.15) is 24.5 Å². The maximum absolute atomic E-state index is 10.7. The lowest BCUT2D eigenvalue weighted by Gasteiger charge is -2.19. The summed E-state index contributed by atoms with van der Waals surface area (Å²) in [7, 11) is 0. The molecule has 0 aliphatic heterocycles. The van der Waals surface area contributed by atoms with Gasteiger partial charge in [0.1, 0.15) is 12.4 Å². The van der Waals surface area contributed by atoms with Crippen LogP contribution in [0.25, 0.3) is 0 Å². The number of rotatable bonds is 9. The number of nitrogens with zero attached hydrogens (tertiary/aromatic N) is 1. The van der Waals surface area contributed by atoms with Crippen LogP contribution < -0.4 is 4.74 Å². The Morgan fingerprint density at radius 3 is 2.52 bits per heavy atom. The third-order valence-corrected chi connectivity index (χ3v) is 3.64. The van der Waals surface area contributed by atoms with Gasteiger partial charge in [0.25, 0.3) is 0 Å². The van der Waals surface area contributed by atoms with Gasteiger partial charge in [0.05, 0.1) is 6.42 Å². The molecule has 4 nitrogen and oxygen atoms in total. The second-order valence-corrected chi connectivity index (χ2v) is 5.43. The fourth-order valence-corrected chi connectivity index (χ4v) is 2.34. The van der Waals surface area contributed by atoms with Gasteiger partial charge in [-0.25, -0.2) is 0 Å². The highest BCUT2D eigenvalue weighted by Gasteiger charge is 2.07. The second kappa shape index (κ2) is 8.96. The van der Waals surface area contributed by atoms with Crippen LogP contribution in [0.2, 0.25) is 0 Å². The number of hydrogen-bond donors (Lipinski definition) is 1. The number of aliphatic carboxylic acids is 1. The largest absolute Gasteiger partial charge is 0.489 e. The SMILES string of the molecule is CCN(CCC(=O)O)Cc1cccc(OCc2ccccc2)c1. The van der Waals surface area contributed by atoms with Crippen LogP contribution in [0.4, 0.5) is 0 Å². The van der Waals surface area contributed by atoms with Gasteiger partial charge >= 0.3 is 5.97 Å². The first kappa shape index (κ1) is 17.0. The molecular weight excluding hydrogens is 290 g/mol. The summed E-state index contributed by atoms with van der Waals surface area (Å²) in [5.41, 5.74) is 2.26. The van der Waals surface area contributed by atoms with E-state index in [4.69, 9.17) is 9.84 Å². The lowest BCUT2D eigenvalue weighted by atomic mass is 10.2. The molecule has 0 bridgehead atoms. The van der Waals surface area contributed by atoms with Crippen molar-refractivity contribution in [3.8, 4) is 5.75 Å². The molecule has 0 saturated heterocycles. The third kappa shape index (κ3) is 6.12. The van der Waals surface area contributed by atoms with Gasteiger partial charge in [0, 0.05) is 13.1 Å². The van der Waals surface area contributed by atoms with Crippen molar-refractivity contribution in [2.45, 2.75) is 26.5 Å². The standard InChI is InChI=1S/C19H23NO3/c1-2-20(12-11-19(21)22)14-17-9-6-10-18(13-17)23-15-16-7-4-3-5-8-16/h3-10,13H,2,11-12,14-15H2,1H3,(H,21,22). The molecule has 2 aromatic rings. The van der Waals surface area contributed by atoms with Gasteiger partial charge in [-0.15, -0.1) is 0 Å². The van der Waals surface area contributed by atoms with Crippen LogP contribution in [0.15, 0.2) is 54.6 Å². The number of carboxylic acid groups (broad SMARTS) is 1. The predicted octanol–water partition coefficient (Wildman–Crippen LogP) is 3.56. The molecule has 0 heterocycles. The lowest BCUT2D eigenvalue weighted by Crippen LogP contribution is -2.25. The Morgan fingerprint density at radius 2 is 1.83 bits per heavy atom. The van der Waals surface area contributed by atoms with Crippen molar-refractivity contribution in [2.24, 2.45) is 0 Å². The molecule has 0 aliphatic carbocycles. The highest BCUT2D eigenvalue weighted by atomic mass is 16.5. The van der Waals surface area contributed by atoms with E-state index in [1.54, 1.807) is 0 Å². The van der Waals surface area contributed by atoms with Gasteiger partial charge in [-0.05, 0) is 29.8 Å². The highest BCUT2D eigenvalue weighted by Crippen LogP contribution is 2.16. The molecule has 0 spiro atoms. The number of carbonyl (C=O) groups is 1. The zero-order valence-electron chi connectivity index (χ0n) is 13.4. The summed E-state index contributed by atoms with van der Waals surface area (Å²) in [6, 6.07) is 18.0. The maximum Gasteiger partial charge on any atom is 0.304 e. The first-order valence-electron chi connectivity index (χ1n) is 7.87. The summed E-state index contributed by atoms with van der Waals surface area (Å²) in [5, 5.41) is 8.80. The fraction of sp³-hybridized carbons (Fsp3) is 0.316. The van der Waals surface area contributed by atoms with Gasteiger partial charge in [-0.2, -0.15) is 0 Å². The Kier molecular flexibility index (Phi) is 6.63. The van der Waals surface area contributed by atoms with Crippen molar-refractivity contribution in [1.29, 1.82) is 0 Å². The van der Waals surface area contributed by atoms with E-state index in [1.807, 2.05) is 61.5 Å². The van der Waals surface area contributed by atoms with Crippen molar-refractivity contribution in [1.82, 2.24) is 4.90 Å². The van der Waals surface area contributed by atoms with Crippen molar-refractivity contribution < 1.29 is 14.6 Å². The number of benzene rings is 2. The first-order chi connectivity index (χ1) is 11.2. The average Bonchev–Trinajstić information content (AvgIpc) is 2.58. The van der Waals surface area contributed by atoms with Crippen LogP contribution >= 0.6 is 0 Å². The van der Waals surface area contributed by atoms with Crippen molar-refractivity contribution >= 4 is 5.97 Å². The van der Waals surface area contributed by atoms with E-state index < -0.39 is 5.97 Å². The zero-order valence-corrected chi connectivity index (χ0v) is 13.4. The Bertz CT molecular complexity index is 613. The Hall–Kier alpha value is -2.33. The van der Waals surface area contributed by atoms with Crippen LogP contribution in [0.3, 0.4) is 0 Å². The number of carboxylic acids is 1. The zero-order chi connectivity index (χ0) is 16.5. The summed E-state index contributed by atoms with van der Waals surface area (Å²) in [6.45, 7) is 4.69. The van der Waals surface area contributed by atoms with Crippen LogP contribution in [-0.4, -0.2) is 29.1 Å². The van der Waals surface area contributed by atoms with Gasteiger partial charge in [0.15, 0.2) is 0 Å². The smallest absolute Gasteiger partial charge is 0.304 e. The lowest BCUT2D eigenvalue weighted by molar-refractivity contribution is -0.137. The summed E-state index contributed by atoms with van der Waals surface area (Å²) < 4.78 is 5.83. The minimum absolute atomic E-state index is 0.165. The Labute approximate surface area is 137 Å². The van der Waals surface area contributed by atoms with Gasteiger partial charge in [-0.3, -0.25) is 9.69 Å². The Morgan fingerprint density at radius 1 is 1.09 bits per heavy atom. The minimum atomic E-state index is -0.761. The summed E-state index contributed by atoms with van der Waals surface area (Å²) in [6.07, 6.45) is 0.165. The molecular formula is C19H23NO3. The highest BCUT2D eigenvalue weighted by molar-refractivity contribution is 5.66. The molecule has 122 valence electrons. The number of hydrogen-bond acceptors (Lipinski definition) is 3. The van der Waals surface area contributed by atoms with E-state index in [0.717, 1.165) is 30.0 Å². The molecule has 2 aromatic carbocycles. The third-order valence-electron chi connectivity index (χ3n) is 3.64. The quantitative estimate of drug-likeness (QED) is 0.769. The first-order valence-corrected chi connectivity index (χ1v) is 7.87. The van der Waals surface area contributed by atoms with Crippen molar-refractivity contribution in [3.05, 3.63) is 65.7 Å². The van der Waals surface area contributed by atoms with Gasteiger partial charge in [0.2, 0.25) is 0 Å². The summed E-state index contributed by atoms with van der Waals surface area (Å²) >= 11 is 0. The van der Waals surface area contributed by atoms with E-state index in [1.165, 1.54) is 0 Å². The molecule has 0 saturated carbocycles. The van der Waals surface area contributed by atoms with E-state index in [2.05, 4.69) is 4.90 Å². The molecule has 0 fully saturated rings. The monoisotopic (exact) mass is 313 g/mol. The van der Waals surface area contributed by atoms with E-state index in [-0.39, 0.29) is 6.42 Å². The summed E-state index contributed by atoms with van der Waals surface area (Å²) in [4.78, 5) is 12.8. The predicted molar refractivity (Wildman–Crippen MR) is 90.4 cm³/mol. The molecule has 0 unspecified atom stereocenters. The second-order valence-electron chi connectivity index (χ2n) is 5.43. The molecule has 4 heteroatoms. The van der Waals surface area contributed by atoms with E-state index >= 15 is 0 Å². The summed E-state index contributed by atoms with van der Waals surface area (Å²) in [5.74, 6) is 0.0732. The normalized spacial score (nSPS) is 10.7. The maximum atomic E-state index is 10.7. The molecule has 2 rings (SSSR count). The number of ether oxygens (including phenoxy) is 1. The van der Waals surface area contributed by atoms with Gasteiger partial charge < -0.3 is 9.84 Å². The molecule has 0 atom stereocenters. The van der Waals surface area contributed by atoms with Crippen molar-refractivity contribution in [3.63, 3.8) is 0 Å². The van der Waals surface area contributed by atoms with E-state index in [9.17, 15) is 4.79 Å². The van der Waals surface area contributed by atoms with E-state index in [0.29, 0.717) is 13.2 Å². The van der Waals surface area contributed by atoms with Crippen molar-refractivity contribution in [2.75, 3.05) is 13.1 Å². The topological polar surface area (TPSA) is 49.8 Å². The molecule has 1 N–H and O–H groups in total. The molecule has 23 heavy (non-hydrogen) atoms. The average molecular weight is 313 g/mol. The minimum Gasteiger partial charge on any atom is -0.489 e. The van der Waals surface area contributed by atoms with Crippen LogP contribution in [-0.2, 0) is 17.9 Å².